The summed E-state index contributed by atoms with van der Waals surface area (Å²) in [6.07, 6.45) is 3.22. The van der Waals surface area contributed by atoms with Gasteiger partial charge in [-0.25, -0.2) is 4.79 Å². The van der Waals surface area contributed by atoms with Crippen LogP contribution in [0.15, 0.2) is 42.5 Å². The average molecular weight is 322 g/mol. The number of fused-ring (bicyclic) bond motifs is 1. The summed E-state index contributed by atoms with van der Waals surface area (Å²) in [6, 6.07) is 15.1. The van der Waals surface area contributed by atoms with E-state index in [1.165, 1.54) is 16.3 Å². The second-order valence-corrected chi connectivity index (χ2v) is 7.74. The van der Waals surface area contributed by atoms with Crippen LogP contribution in [0.25, 0.3) is 10.8 Å². The first-order valence-electron chi connectivity index (χ1n) is 8.89. The number of rotatable bonds is 3. The number of β-amino-alcohol motifs (C(OH)–C–C–N with tert-alkyl or cyclic N) is 1. The fourth-order valence-corrected chi connectivity index (χ4v) is 4.05. The molecule has 0 bridgehead atoms. The highest BCUT2D eigenvalue weighted by Gasteiger charge is 2.54. The highest BCUT2D eigenvalue weighted by molar-refractivity contribution is 5.83. The van der Waals surface area contributed by atoms with Gasteiger partial charge in [0.25, 0.3) is 0 Å². The van der Waals surface area contributed by atoms with E-state index in [1.54, 1.807) is 4.90 Å². The van der Waals surface area contributed by atoms with Crippen molar-refractivity contribution in [1.82, 2.24) is 10.2 Å². The van der Waals surface area contributed by atoms with Crippen molar-refractivity contribution >= 4 is 16.8 Å². The van der Waals surface area contributed by atoms with Crippen molar-refractivity contribution in [3.8, 4) is 0 Å². The maximum atomic E-state index is 12.3. The monoisotopic (exact) mass is 322 g/mol. The molecule has 0 spiro atoms. The molecule has 2 N–H and O–H groups in total. The van der Waals surface area contributed by atoms with Crippen molar-refractivity contribution in [3.05, 3.63) is 48.0 Å². The second-order valence-electron chi connectivity index (χ2n) is 7.74. The van der Waals surface area contributed by atoms with Gasteiger partial charge in [-0.2, -0.15) is 0 Å². The summed E-state index contributed by atoms with van der Waals surface area (Å²) in [5.74, 6) is 0.843. The number of hydrogen-bond acceptors (Lipinski definition) is 2. The molecule has 24 heavy (non-hydrogen) atoms. The Bertz CT molecular complexity index is 808. The van der Waals surface area contributed by atoms with Crippen LogP contribution in [-0.4, -0.2) is 40.8 Å². The molecule has 1 aliphatic heterocycles. The molecule has 2 aromatic rings. The molecule has 124 valence electrons. The van der Waals surface area contributed by atoms with Gasteiger partial charge in [-0.15, -0.1) is 0 Å². The molecule has 1 saturated heterocycles. The Labute approximate surface area is 141 Å². The fraction of sp³-hybridized carbons (Fsp3) is 0.450. The van der Waals surface area contributed by atoms with Crippen LogP contribution in [0.3, 0.4) is 0 Å². The van der Waals surface area contributed by atoms with Crippen LogP contribution in [0.1, 0.15) is 30.7 Å². The van der Waals surface area contributed by atoms with Gasteiger partial charge >= 0.3 is 6.03 Å². The molecule has 3 fully saturated rings. The summed E-state index contributed by atoms with van der Waals surface area (Å²) in [5, 5.41) is 16.0. The molecular weight excluding hydrogens is 300 g/mol. The van der Waals surface area contributed by atoms with Crippen LogP contribution in [0.4, 0.5) is 4.79 Å². The lowest BCUT2D eigenvalue weighted by molar-refractivity contribution is -0.0918. The van der Waals surface area contributed by atoms with Crippen molar-refractivity contribution < 1.29 is 9.90 Å². The molecule has 1 heterocycles. The summed E-state index contributed by atoms with van der Waals surface area (Å²) in [5.41, 5.74) is 0.704. The highest BCUT2D eigenvalue weighted by atomic mass is 16.3. The Hall–Kier alpha value is -2.07. The summed E-state index contributed by atoms with van der Waals surface area (Å²) < 4.78 is 0. The SMILES string of the molecule is O=C(N[C@@H]1C[C@H]1c1ccc2ccccc2c1)N1CC(O)(C2CC2)C1. The topological polar surface area (TPSA) is 52.6 Å². The predicted molar refractivity (Wildman–Crippen MR) is 92.9 cm³/mol. The summed E-state index contributed by atoms with van der Waals surface area (Å²) in [7, 11) is 0. The number of carbonyl (C=O) groups is 1. The zero-order valence-electron chi connectivity index (χ0n) is 13.6. The smallest absolute Gasteiger partial charge is 0.317 e. The molecule has 3 aliphatic rings. The van der Waals surface area contributed by atoms with Gasteiger partial charge in [-0.1, -0.05) is 42.5 Å². The third-order valence-electron chi connectivity index (χ3n) is 5.85. The van der Waals surface area contributed by atoms with Gasteiger partial charge in [0.15, 0.2) is 0 Å². The van der Waals surface area contributed by atoms with Crippen molar-refractivity contribution in [3.63, 3.8) is 0 Å². The van der Waals surface area contributed by atoms with Gasteiger partial charge in [-0.05, 0) is 41.5 Å². The van der Waals surface area contributed by atoms with Crippen molar-refractivity contribution in [2.45, 2.75) is 36.8 Å². The van der Waals surface area contributed by atoms with E-state index in [0.29, 0.717) is 24.9 Å². The van der Waals surface area contributed by atoms with E-state index in [-0.39, 0.29) is 12.1 Å². The summed E-state index contributed by atoms with van der Waals surface area (Å²) >= 11 is 0. The minimum Gasteiger partial charge on any atom is -0.386 e. The lowest BCUT2D eigenvalue weighted by atomic mass is 9.89. The van der Waals surface area contributed by atoms with Gasteiger partial charge in [-0.3, -0.25) is 0 Å². The van der Waals surface area contributed by atoms with Gasteiger partial charge in [0, 0.05) is 12.0 Å². The fourth-order valence-electron chi connectivity index (χ4n) is 4.05. The molecule has 2 aliphatic carbocycles. The molecule has 4 nitrogen and oxygen atoms in total. The number of nitrogens with zero attached hydrogens (tertiary/aromatic N) is 1. The normalized spacial score (nSPS) is 27.6. The number of nitrogens with one attached hydrogen (secondary N) is 1. The van der Waals surface area contributed by atoms with Crippen LogP contribution >= 0.6 is 0 Å². The lowest BCUT2D eigenvalue weighted by Gasteiger charge is -2.46. The van der Waals surface area contributed by atoms with E-state index in [4.69, 9.17) is 0 Å². The molecule has 2 atom stereocenters. The second kappa shape index (κ2) is 4.96. The van der Waals surface area contributed by atoms with Crippen molar-refractivity contribution in [2.75, 3.05) is 13.1 Å². The maximum Gasteiger partial charge on any atom is 0.317 e. The number of benzene rings is 2. The minimum absolute atomic E-state index is 0.0198. The Morgan fingerprint density at radius 3 is 2.62 bits per heavy atom. The Kier molecular flexibility index (Phi) is 2.95. The van der Waals surface area contributed by atoms with Crippen molar-refractivity contribution in [1.29, 1.82) is 0 Å². The van der Waals surface area contributed by atoms with E-state index >= 15 is 0 Å². The van der Waals surface area contributed by atoms with Gasteiger partial charge in [0.05, 0.1) is 13.1 Å². The zero-order valence-corrected chi connectivity index (χ0v) is 13.6. The quantitative estimate of drug-likeness (QED) is 0.913. The first kappa shape index (κ1) is 14.3. The third-order valence-corrected chi connectivity index (χ3v) is 5.85. The number of likely N-dealkylation sites (tertiary alicyclic amines) is 1. The zero-order chi connectivity index (χ0) is 16.3. The van der Waals surface area contributed by atoms with Crippen LogP contribution in [0.5, 0.6) is 0 Å². The number of aliphatic hydroxyl groups is 1. The first-order chi connectivity index (χ1) is 11.6. The number of urea groups is 1. The van der Waals surface area contributed by atoms with Crippen LogP contribution in [-0.2, 0) is 0 Å². The van der Waals surface area contributed by atoms with E-state index in [9.17, 15) is 9.90 Å². The Morgan fingerprint density at radius 1 is 1.12 bits per heavy atom. The molecule has 0 unspecified atom stereocenters. The number of amides is 2. The van der Waals surface area contributed by atoms with E-state index in [2.05, 4.69) is 47.8 Å². The highest BCUT2D eigenvalue weighted by Crippen LogP contribution is 2.45. The molecule has 2 aromatic carbocycles. The molecule has 2 saturated carbocycles. The Balaban J connectivity index is 1.20. The maximum absolute atomic E-state index is 12.3. The van der Waals surface area contributed by atoms with E-state index in [1.807, 2.05) is 0 Å². The van der Waals surface area contributed by atoms with Gasteiger partial charge in [0.1, 0.15) is 5.60 Å². The summed E-state index contributed by atoms with van der Waals surface area (Å²) in [6.45, 7) is 0.994. The number of carbonyl (C=O) groups excluding carboxylic acids is 1. The number of hydrogen-bond donors (Lipinski definition) is 2. The predicted octanol–water partition coefficient (Wildman–Crippen LogP) is 2.86. The summed E-state index contributed by atoms with van der Waals surface area (Å²) in [4.78, 5) is 14.0. The molecule has 2 amide bonds. The van der Waals surface area contributed by atoms with Gasteiger partial charge in [0.2, 0.25) is 0 Å². The van der Waals surface area contributed by atoms with Crippen LogP contribution in [0, 0.1) is 5.92 Å². The Morgan fingerprint density at radius 2 is 1.88 bits per heavy atom. The van der Waals surface area contributed by atoms with E-state index < -0.39 is 5.60 Å². The molecule has 5 rings (SSSR count). The van der Waals surface area contributed by atoms with Gasteiger partial charge < -0.3 is 15.3 Å². The minimum atomic E-state index is -0.599. The van der Waals surface area contributed by atoms with Crippen molar-refractivity contribution in [2.24, 2.45) is 5.92 Å². The molecule has 0 radical (unpaired) electrons. The molecule has 4 heteroatoms. The molecular formula is C20H22N2O2. The largest absolute Gasteiger partial charge is 0.386 e. The standard InChI is InChI=1S/C20H22N2O2/c23-19(22-11-20(24,12-22)16-7-8-16)21-18-10-17(18)15-6-5-13-3-1-2-4-14(13)9-15/h1-6,9,16-18,24H,7-8,10-12H2,(H,21,23)/t17-,18+/m0/s1. The van der Waals surface area contributed by atoms with Crippen LogP contribution < -0.4 is 5.32 Å². The lowest BCUT2D eigenvalue weighted by Crippen LogP contribution is -2.66. The molecule has 0 aromatic heterocycles. The first-order valence-corrected chi connectivity index (χ1v) is 8.89. The van der Waals surface area contributed by atoms with Crippen LogP contribution in [0.2, 0.25) is 0 Å². The third kappa shape index (κ3) is 2.37. The van der Waals surface area contributed by atoms with E-state index in [0.717, 1.165) is 19.3 Å². The average Bonchev–Trinajstić information content (AvgIpc) is 3.45.